The average molecular weight is 798 g/mol. The van der Waals surface area contributed by atoms with Crippen molar-refractivity contribution < 1.29 is 4.79 Å². The summed E-state index contributed by atoms with van der Waals surface area (Å²) in [6.07, 6.45) is 45.8. The third-order valence-corrected chi connectivity index (χ3v) is 13.4. The van der Waals surface area contributed by atoms with E-state index in [4.69, 9.17) is 0 Å². The Labute approximate surface area is 362 Å². The summed E-state index contributed by atoms with van der Waals surface area (Å²) in [7, 11) is 0. The van der Waals surface area contributed by atoms with Gasteiger partial charge in [-0.25, -0.2) is 0 Å². The number of allylic oxidation sites excluding steroid dienone is 10. The Morgan fingerprint density at radius 2 is 1.57 bits per heavy atom. The Morgan fingerprint density at radius 3 is 2.24 bits per heavy atom. The third kappa shape index (κ3) is 25.3. The molecule has 0 amide bonds. The zero-order valence-corrected chi connectivity index (χ0v) is 40.2. The van der Waals surface area contributed by atoms with Crippen LogP contribution in [0.2, 0.25) is 0 Å². The highest BCUT2D eigenvalue weighted by molar-refractivity contribution is 5.86. The molecule has 0 aromatic rings. The maximum absolute atomic E-state index is 11.0. The first-order valence-electron chi connectivity index (χ1n) is 24.5. The maximum Gasteiger partial charge on any atom is 0.160 e. The van der Waals surface area contributed by atoms with Crippen LogP contribution in [0.1, 0.15) is 210 Å². The van der Waals surface area contributed by atoms with E-state index < -0.39 is 0 Å². The second-order valence-electron chi connectivity index (χ2n) is 18.9. The fraction of sp³-hybridized carbons (Fsp3) is 0.714. The minimum absolute atomic E-state index is 0.0876. The summed E-state index contributed by atoms with van der Waals surface area (Å²) in [5.74, 6) is 4.00. The zero-order chi connectivity index (χ0) is 43.1. The number of nitrogens with zero attached hydrogens (tertiary/aromatic N) is 1. The van der Waals surface area contributed by atoms with Crippen molar-refractivity contribution in [1.82, 2.24) is 4.90 Å². The van der Waals surface area contributed by atoms with Crippen LogP contribution >= 0.6 is 0 Å². The molecule has 3 fully saturated rings. The van der Waals surface area contributed by atoms with Crippen molar-refractivity contribution in [3.8, 4) is 0 Å². The van der Waals surface area contributed by atoms with E-state index in [0.717, 1.165) is 49.5 Å². The molecule has 0 radical (unpaired) electrons. The molecule has 1 heterocycles. The summed E-state index contributed by atoms with van der Waals surface area (Å²) in [5, 5.41) is 0. The summed E-state index contributed by atoms with van der Waals surface area (Å²) in [6, 6.07) is 1.24. The second-order valence-corrected chi connectivity index (χ2v) is 18.9. The first-order chi connectivity index (χ1) is 27.8. The van der Waals surface area contributed by atoms with Gasteiger partial charge in [-0.3, -0.25) is 9.69 Å². The monoisotopic (exact) mass is 798 g/mol. The Balaban J connectivity index is 0.000000606. The van der Waals surface area contributed by atoms with E-state index in [0.29, 0.717) is 17.9 Å². The van der Waals surface area contributed by atoms with Crippen molar-refractivity contribution in [2.75, 3.05) is 6.54 Å². The van der Waals surface area contributed by atoms with Gasteiger partial charge in [-0.15, -0.1) is 5.73 Å². The molecule has 2 aliphatic carbocycles. The number of ketones is 1. The Bertz CT molecular complexity index is 1310. The number of hydrogen-bond acceptors (Lipinski definition) is 2. The number of unbranched alkanes of at least 4 members (excludes halogenated alkanes) is 2. The van der Waals surface area contributed by atoms with Crippen LogP contribution in [-0.2, 0) is 4.79 Å². The predicted molar refractivity (Wildman–Crippen MR) is 260 cm³/mol. The first kappa shape index (κ1) is 53.6. The van der Waals surface area contributed by atoms with Gasteiger partial charge in [0.15, 0.2) is 5.78 Å². The Morgan fingerprint density at radius 1 is 0.845 bits per heavy atom. The number of hydrogen-bond donors (Lipinski definition) is 0. The lowest BCUT2D eigenvalue weighted by molar-refractivity contribution is -0.112. The Hall–Kier alpha value is -2.41. The van der Waals surface area contributed by atoms with Gasteiger partial charge in [-0.05, 0) is 140 Å². The number of carbonyl (C=O) groups excluding carboxylic acids is 1. The van der Waals surface area contributed by atoms with Crippen LogP contribution in [0.4, 0.5) is 0 Å². The van der Waals surface area contributed by atoms with Gasteiger partial charge >= 0.3 is 0 Å². The van der Waals surface area contributed by atoms with Crippen LogP contribution in [0, 0.1) is 29.6 Å². The second kappa shape index (κ2) is 33.3. The van der Waals surface area contributed by atoms with Gasteiger partial charge in [0.1, 0.15) is 0 Å². The van der Waals surface area contributed by atoms with Gasteiger partial charge in [-0.2, -0.15) is 0 Å². The molecule has 0 bridgehead atoms. The molecule has 0 aromatic carbocycles. The van der Waals surface area contributed by atoms with Crippen molar-refractivity contribution in [3.05, 3.63) is 89.8 Å². The van der Waals surface area contributed by atoms with E-state index in [-0.39, 0.29) is 5.78 Å². The lowest BCUT2D eigenvalue weighted by Crippen LogP contribution is -2.49. The molecule has 0 spiro atoms. The van der Waals surface area contributed by atoms with Crippen LogP contribution < -0.4 is 0 Å². The van der Waals surface area contributed by atoms with Gasteiger partial charge in [0.05, 0.1) is 0 Å². The highest BCUT2D eigenvalue weighted by Crippen LogP contribution is 2.34. The third-order valence-electron chi connectivity index (χ3n) is 13.4. The van der Waals surface area contributed by atoms with Crippen LogP contribution in [0.15, 0.2) is 89.8 Å². The van der Waals surface area contributed by atoms with E-state index in [1.165, 1.54) is 144 Å². The van der Waals surface area contributed by atoms with Crippen LogP contribution in [0.25, 0.3) is 0 Å². The van der Waals surface area contributed by atoms with Crippen LogP contribution in [0.3, 0.4) is 0 Å². The number of piperidine rings is 1. The molecule has 2 saturated carbocycles. The van der Waals surface area contributed by atoms with E-state index in [2.05, 4.69) is 129 Å². The molecule has 58 heavy (non-hydrogen) atoms. The normalized spacial score (nSPS) is 24.1. The fourth-order valence-corrected chi connectivity index (χ4v) is 8.76. The van der Waals surface area contributed by atoms with Crippen molar-refractivity contribution in [1.29, 1.82) is 0 Å². The quantitative estimate of drug-likeness (QED) is 0.0379. The molecule has 7 atom stereocenters. The van der Waals surface area contributed by atoms with E-state index >= 15 is 0 Å². The standard InChI is InChI=1S/C35H58.C17H27NO.C4H10/c1-9-28(2)18-13-11-10-12-14-21-31(5)33(7)27-34(8)32(6)25-24-29(3)19-15-16-22-35-23-17-20-30(4)26-35;1-14-8-3-4-12-17(14)18-13-6-5-10-16(18)11-7-9-15(2)19;1-3-4-2/h10-13,18,25,30-31,34-35H,3,7,9,14-17,19-24,26-27H2,1-2,4-6,8H3;9,11,14,16-17H,3-6,8,10,12-13H2,1-2H3;3-4H2,1-2H3/b12-10+,13-11+,28-18+,32-25+;;. The lowest BCUT2D eigenvalue weighted by atomic mass is 9.80. The average Bonchev–Trinajstić information content (AvgIpc) is 3.21. The van der Waals surface area contributed by atoms with E-state index in [1.54, 1.807) is 13.0 Å². The smallest absolute Gasteiger partial charge is 0.160 e. The summed E-state index contributed by atoms with van der Waals surface area (Å²) >= 11 is 0. The largest absolute Gasteiger partial charge is 0.294 e. The molecule has 1 aliphatic heterocycles. The van der Waals surface area contributed by atoms with Crippen molar-refractivity contribution >= 4 is 5.78 Å². The fourth-order valence-electron chi connectivity index (χ4n) is 8.76. The molecule has 3 aliphatic rings. The number of likely N-dealkylation sites (tertiary alicyclic amines) is 1. The maximum atomic E-state index is 11.0. The van der Waals surface area contributed by atoms with Gasteiger partial charge in [-0.1, -0.05) is 185 Å². The van der Waals surface area contributed by atoms with Crippen molar-refractivity contribution in [3.63, 3.8) is 0 Å². The predicted octanol–water partition coefficient (Wildman–Crippen LogP) is 17.3. The topological polar surface area (TPSA) is 20.3 Å². The highest BCUT2D eigenvalue weighted by Gasteiger charge is 2.32. The molecule has 2 heteroatoms. The summed E-state index contributed by atoms with van der Waals surface area (Å²) in [4.78, 5) is 13.7. The molecule has 2 nitrogen and oxygen atoms in total. The van der Waals surface area contributed by atoms with Gasteiger partial charge in [0, 0.05) is 18.2 Å². The lowest BCUT2D eigenvalue weighted by Gasteiger charge is -2.44. The summed E-state index contributed by atoms with van der Waals surface area (Å²) in [5.41, 5.74) is 8.81. The van der Waals surface area contributed by atoms with E-state index in [9.17, 15) is 4.79 Å². The SMILES string of the molecule is C=C(C/C=C(\C)C(C)CC(=C)C(C)CC/C=C/C=C/C=C(\C)CC)CCCCC1CCCC(C)C1.CC(=O)C=C=CC1CCCCN1C1CCCCC1C.CCCC. The minimum atomic E-state index is 0.0876. The number of rotatable bonds is 21. The molecule has 7 unspecified atom stereocenters. The van der Waals surface area contributed by atoms with Crippen molar-refractivity contribution in [2.24, 2.45) is 29.6 Å². The number of carbonyl (C=O) groups is 1. The first-order valence-corrected chi connectivity index (χ1v) is 24.5. The summed E-state index contributed by atoms with van der Waals surface area (Å²) < 4.78 is 0. The van der Waals surface area contributed by atoms with Crippen LogP contribution in [-0.4, -0.2) is 29.3 Å². The molecular formula is C56H95NO. The van der Waals surface area contributed by atoms with Gasteiger partial charge in [0.2, 0.25) is 0 Å². The van der Waals surface area contributed by atoms with E-state index in [1.807, 2.05) is 0 Å². The molecule has 1 saturated heterocycles. The van der Waals surface area contributed by atoms with Gasteiger partial charge in [0.25, 0.3) is 0 Å². The molecule has 3 rings (SSSR count). The molecule has 330 valence electrons. The van der Waals surface area contributed by atoms with Crippen LogP contribution in [0.5, 0.6) is 0 Å². The molecule has 0 N–H and O–H groups in total. The highest BCUT2D eigenvalue weighted by atomic mass is 16.1. The molecular weight excluding hydrogens is 703 g/mol. The Kier molecular flexibility index (Phi) is 30.8. The minimum Gasteiger partial charge on any atom is -0.294 e. The van der Waals surface area contributed by atoms with Crippen molar-refractivity contribution in [2.45, 2.75) is 223 Å². The summed E-state index contributed by atoms with van der Waals surface area (Å²) in [6.45, 7) is 32.2. The molecule has 0 aromatic heterocycles. The van der Waals surface area contributed by atoms with Gasteiger partial charge < -0.3 is 0 Å². The zero-order valence-electron chi connectivity index (χ0n) is 40.2.